The highest BCUT2D eigenvalue weighted by Gasteiger charge is 2.15. The molecular weight excluding hydrogens is 356 g/mol. The number of hydrogen-bond acceptors (Lipinski definition) is 2. The standard InChI is InChI=1S/C26H26N2O/c1-2-8-20(9-3-1)25-23-10-4-5-11-24(23)27-26(25)21-12-14-22(15-13-21)29-19-18-28-16-6-7-17-28/h1-5,8-15,27H,6-7,16-19H2. The normalized spacial score (nSPS) is 14.5. The van der Waals surface area contributed by atoms with Crippen LogP contribution in [0.1, 0.15) is 12.8 Å². The summed E-state index contributed by atoms with van der Waals surface area (Å²) in [6.07, 6.45) is 2.64. The van der Waals surface area contributed by atoms with Crippen molar-refractivity contribution >= 4 is 10.9 Å². The Balaban J connectivity index is 1.42. The molecule has 1 aliphatic heterocycles. The van der Waals surface area contributed by atoms with Gasteiger partial charge in [0.15, 0.2) is 0 Å². The van der Waals surface area contributed by atoms with Gasteiger partial charge in [-0.15, -0.1) is 0 Å². The first-order valence-corrected chi connectivity index (χ1v) is 10.5. The molecule has 1 aliphatic rings. The molecule has 1 fully saturated rings. The summed E-state index contributed by atoms with van der Waals surface area (Å²) in [5.41, 5.74) is 5.97. The number of fused-ring (bicyclic) bond motifs is 1. The summed E-state index contributed by atoms with van der Waals surface area (Å²) in [6, 6.07) is 27.6. The number of aromatic nitrogens is 1. The molecule has 5 rings (SSSR count). The van der Waals surface area contributed by atoms with E-state index in [0.717, 1.165) is 30.1 Å². The quantitative estimate of drug-likeness (QED) is 0.444. The molecule has 0 unspecified atom stereocenters. The molecule has 0 spiro atoms. The van der Waals surface area contributed by atoms with Gasteiger partial charge in [-0.3, -0.25) is 4.90 Å². The summed E-state index contributed by atoms with van der Waals surface area (Å²) in [5.74, 6) is 0.935. The third kappa shape index (κ3) is 3.79. The van der Waals surface area contributed by atoms with Crippen molar-refractivity contribution < 1.29 is 4.74 Å². The van der Waals surface area contributed by atoms with E-state index < -0.39 is 0 Å². The Bertz CT molecular complexity index is 1080. The number of hydrogen-bond donors (Lipinski definition) is 1. The molecule has 0 aliphatic carbocycles. The fourth-order valence-electron chi connectivity index (χ4n) is 4.28. The second-order valence-electron chi connectivity index (χ2n) is 7.71. The minimum atomic E-state index is 0.751. The zero-order valence-corrected chi connectivity index (χ0v) is 16.6. The smallest absolute Gasteiger partial charge is 0.119 e. The SMILES string of the molecule is c1ccc(-c2c(-c3ccc(OCCN4CCCC4)cc3)[nH]c3ccccc23)cc1. The monoisotopic (exact) mass is 382 g/mol. The zero-order chi connectivity index (χ0) is 19.5. The molecule has 0 bridgehead atoms. The fourth-order valence-corrected chi connectivity index (χ4v) is 4.28. The Morgan fingerprint density at radius 2 is 1.48 bits per heavy atom. The number of benzene rings is 3. The lowest BCUT2D eigenvalue weighted by Gasteiger charge is -2.15. The lowest BCUT2D eigenvalue weighted by atomic mass is 9.98. The Labute approximate surface area is 171 Å². The maximum absolute atomic E-state index is 5.98. The average molecular weight is 383 g/mol. The van der Waals surface area contributed by atoms with Crippen molar-refractivity contribution in [1.29, 1.82) is 0 Å². The molecule has 1 N–H and O–H groups in total. The highest BCUT2D eigenvalue weighted by Crippen LogP contribution is 2.38. The van der Waals surface area contributed by atoms with Crippen molar-refractivity contribution in [3.8, 4) is 28.1 Å². The topological polar surface area (TPSA) is 28.3 Å². The molecule has 146 valence electrons. The van der Waals surface area contributed by atoms with Crippen molar-refractivity contribution in [3.05, 3.63) is 78.9 Å². The largest absolute Gasteiger partial charge is 0.492 e. The Kier molecular flexibility index (Phi) is 5.06. The average Bonchev–Trinajstić information content (AvgIpc) is 3.43. The lowest BCUT2D eigenvalue weighted by molar-refractivity contribution is 0.238. The maximum atomic E-state index is 5.98. The van der Waals surface area contributed by atoms with E-state index >= 15 is 0 Å². The van der Waals surface area contributed by atoms with Gasteiger partial charge in [0.05, 0.1) is 5.69 Å². The van der Waals surface area contributed by atoms with Gasteiger partial charge >= 0.3 is 0 Å². The number of rotatable bonds is 6. The Hall–Kier alpha value is -3.04. The molecular formula is C26H26N2O. The van der Waals surface area contributed by atoms with Crippen molar-refractivity contribution in [2.75, 3.05) is 26.2 Å². The highest BCUT2D eigenvalue weighted by molar-refractivity contribution is 6.03. The molecule has 0 radical (unpaired) electrons. The van der Waals surface area contributed by atoms with Gasteiger partial charge in [0, 0.05) is 23.0 Å². The molecule has 0 saturated carbocycles. The molecule has 0 atom stereocenters. The van der Waals surface area contributed by atoms with Crippen molar-refractivity contribution in [3.63, 3.8) is 0 Å². The van der Waals surface area contributed by atoms with Crippen LogP contribution in [0.4, 0.5) is 0 Å². The van der Waals surface area contributed by atoms with Crippen LogP contribution >= 0.6 is 0 Å². The van der Waals surface area contributed by atoms with E-state index in [9.17, 15) is 0 Å². The summed E-state index contributed by atoms with van der Waals surface area (Å²) < 4.78 is 5.98. The zero-order valence-electron chi connectivity index (χ0n) is 16.6. The third-order valence-corrected chi connectivity index (χ3v) is 5.79. The molecule has 1 aromatic heterocycles. The first kappa shape index (κ1) is 18.0. The molecule has 2 heterocycles. The van der Waals surface area contributed by atoms with Gasteiger partial charge in [0.1, 0.15) is 12.4 Å². The molecule has 4 aromatic rings. The van der Waals surface area contributed by atoms with Gasteiger partial charge in [-0.2, -0.15) is 0 Å². The van der Waals surface area contributed by atoms with Crippen molar-refractivity contribution in [1.82, 2.24) is 9.88 Å². The van der Waals surface area contributed by atoms with E-state index in [4.69, 9.17) is 4.74 Å². The number of ether oxygens (including phenoxy) is 1. The first-order valence-electron chi connectivity index (χ1n) is 10.5. The van der Waals surface area contributed by atoms with Crippen LogP contribution in [0.3, 0.4) is 0 Å². The van der Waals surface area contributed by atoms with Crippen LogP contribution in [0, 0.1) is 0 Å². The number of aromatic amines is 1. The summed E-state index contributed by atoms with van der Waals surface area (Å²) in [5, 5.41) is 1.25. The lowest BCUT2D eigenvalue weighted by Crippen LogP contribution is -2.25. The predicted molar refractivity (Wildman–Crippen MR) is 120 cm³/mol. The van der Waals surface area contributed by atoms with Crippen molar-refractivity contribution in [2.24, 2.45) is 0 Å². The van der Waals surface area contributed by atoms with Crippen LogP contribution in [0.15, 0.2) is 78.9 Å². The number of nitrogens with zero attached hydrogens (tertiary/aromatic N) is 1. The van der Waals surface area contributed by atoms with Crippen LogP contribution in [-0.2, 0) is 0 Å². The molecule has 1 saturated heterocycles. The van der Waals surface area contributed by atoms with Crippen LogP contribution in [-0.4, -0.2) is 36.1 Å². The van der Waals surface area contributed by atoms with Crippen molar-refractivity contribution in [2.45, 2.75) is 12.8 Å². The molecule has 29 heavy (non-hydrogen) atoms. The van der Waals surface area contributed by atoms with E-state index in [0.29, 0.717) is 0 Å². The number of likely N-dealkylation sites (tertiary alicyclic amines) is 1. The Morgan fingerprint density at radius 3 is 2.28 bits per heavy atom. The summed E-state index contributed by atoms with van der Waals surface area (Å²) >= 11 is 0. The summed E-state index contributed by atoms with van der Waals surface area (Å²) in [7, 11) is 0. The van der Waals surface area contributed by atoms with Gasteiger partial charge < -0.3 is 9.72 Å². The van der Waals surface area contributed by atoms with Crippen LogP contribution in [0.25, 0.3) is 33.3 Å². The van der Waals surface area contributed by atoms with Gasteiger partial charge in [-0.1, -0.05) is 48.5 Å². The van der Waals surface area contributed by atoms with E-state index in [2.05, 4.69) is 88.7 Å². The van der Waals surface area contributed by atoms with Gasteiger partial charge in [0.2, 0.25) is 0 Å². The van der Waals surface area contributed by atoms with Crippen LogP contribution in [0.5, 0.6) is 5.75 Å². The molecule has 3 heteroatoms. The van der Waals surface area contributed by atoms with E-state index in [-0.39, 0.29) is 0 Å². The number of H-pyrrole nitrogens is 1. The molecule has 0 amide bonds. The van der Waals surface area contributed by atoms with E-state index in [1.165, 1.54) is 48.0 Å². The number of nitrogens with one attached hydrogen (secondary N) is 1. The second-order valence-corrected chi connectivity index (χ2v) is 7.71. The first-order chi connectivity index (χ1) is 14.4. The minimum absolute atomic E-state index is 0.751. The predicted octanol–water partition coefficient (Wildman–Crippen LogP) is 5.98. The molecule has 3 aromatic carbocycles. The van der Waals surface area contributed by atoms with E-state index in [1.54, 1.807) is 0 Å². The number of para-hydroxylation sites is 1. The van der Waals surface area contributed by atoms with Gasteiger partial charge in [-0.25, -0.2) is 0 Å². The Morgan fingerprint density at radius 1 is 0.759 bits per heavy atom. The molecule has 3 nitrogen and oxygen atoms in total. The highest BCUT2D eigenvalue weighted by atomic mass is 16.5. The second kappa shape index (κ2) is 8.14. The van der Waals surface area contributed by atoms with E-state index in [1.807, 2.05) is 0 Å². The summed E-state index contributed by atoms with van der Waals surface area (Å²) in [6.45, 7) is 4.19. The fraction of sp³-hybridized carbons (Fsp3) is 0.231. The minimum Gasteiger partial charge on any atom is -0.492 e. The van der Waals surface area contributed by atoms with Gasteiger partial charge in [0.25, 0.3) is 0 Å². The van der Waals surface area contributed by atoms with Gasteiger partial charge in [-0.05, 0) is 67.4 Å². The van der Waals surface area contributed by atoms with Crippen LogP contribution in [0.2, 0.25) is 0 Å². The van der Waals surface area contributed by atoms with Crippen LogP contribution < -0.4 is 4.74 Å². The maximum Gasteiger partial charge on any atom is 0.119 e. The summed E-state index contributed by atoms with van der Waals surface area (Å²) in [4.78, 5) is 6.11. The third-order valence-electron chi connectivity index (χ3n) is 5.79.